The Balaban J connectivity index is 1.43. The van der Waals surface area contributed by atoms with Gasteiger partial charge in [-0.05, 0) is 57.4 Å². The van der Waals surface area contributed by atoms with Crippen LogP contribution in [-0.2, 0) is 24.8 Å². The second-order valence-corrected chi connectivity index (χ2v) is 8.00. The van der Waals surface area contributed by atoms with Crippen molar-refractivity contribution in [2.24, 2.45) is 7.05 Å². The average Bonchev–Trinajstić information content (AvgIpc) is 3.33. The van der Waals surface area contributed by atoms with E-state index in [4.69, 9.17) is 0 Å². The Bertz CT molecular complexity index is 1090. The van der Waals surface area contributed by atoms with Crippen LogP contribution in [0.2, 0.25) is 0 Å². The first-order chi connectivity index (χ1) is 15.0. The second-order valence-electron chi connectivity index (χ2n) is 8.00. The molecule has 1 atom stereocenters. The molecule has 0 spiro atoms. The van der Waals surface area contributed by atoms with E-state index in [1.54, 1.807) is 0 Å². The van der Waals surface area contributed by atoms with E-state index >= 15 is 0 Å². The summed E-state index contributed by atoms with van der Waals surface area (Å²) >= 11 is 0. The van der Waals surface area contributed by atoms with Crippen molar-refractivity contribution >= 4 is 28.5 Å². The van der Waals surface area contributed by atoms with Gasteiger partial charge in [0.25, 0.3) is 0 Å². The van der Waals surface area contributed by atoms with Gasteiger partial charge >= 0.3 is 6.03 Å². The highest BCUT2D eigenvalue weighted by molar-refractivity contribution is 5.93. The number of aromatic nitrogens is 3. The van der Waals surface area contributed by atoms with Crippen LogP contribution >= 0.6 is 0 Å². The van der Waals surface area contributed by atoms with Crippen molar-refractivity contribution in [2.75, 3.05) is 18.4 Å². The highest BCUT2D eigenvalue weighted by Gasteiger charge is 2.24. The molecule has 3 aromatic rings. The number of hydrogen-bond acceptors (Lipinski definition) is 3. The fourth-order valence-electron chi connectivity index (χ4n) is 4.42. The largest absolute Gasteiger partial charge is 0.342 e. The van der Waals surface area contributed by atoms with Gasteiger partial charge in [-0.1, -0.05) is 0 Å². The van der Waals surface area contributed by atoms with E-state index in [9.17, 15) is 9.59 Å². The van der Waals surface area contributed by atoms with E-state index < -0.39 is 0 Å². The fraction of sp³-hybridized carbons (Fsp3) is 0.435. The lowest BCUT2D eigenvalue weighted by molar-refractivity contribution is -0.131. The predicted octanol–water partition coefficient (Wildman–Crippen LogP) is 3.44. The van der Waals surface area contributed by atoms with Gasteiger partial charge in [-0.25, -0.2) is 4.79 Å². The zero-order chi connectivity index (χ0) is 22.0. The first kappa shape index (κ1) is 21.0. The molecule has 2 N–H and O–H groups in total. The highest BCUT2D eigenvalue weighted by atomic mass is 16.2. The van der Waals surface area contributed by atoms with E-state index in [2.05, 4.69) is 15.7 Å². The summed E-state index contributed by atoms with van der Waals surface area (Å²) in [7, 11) is 1.94. The molecule has 1 aromatic carbocycles. The molecule has 31 heavy (non-hydrogen) atoms. The zero-order valence-corrected chi connectivity index (χ0v) is 18.4. The Hall–Kier alpha value is -3.29. The molecule has 164 valence electrons. The number of aryl methyl sites for hydroxylation is 1. The van der Waals surface area contributed by atoms with Crippen LogP contribution in [0.1, 0.15) is 44.0 Å². The number of amides is 3. The molecule has 8 heteroatoms. The third-order valence-corrected chi connectivity index (χ3v) is 6.13. The summed E-state index contributed by atoms with van der Waals surface area (Å²) in [4.78, 5) is 26.9. The molecule has 0 fully saturated rings. The van der Waals surface area contributed by atoms with Crippen molar-refractivity contribution in [2.45, 2.75) is 45.7 Å². The number of fused-ring (bicyclic) bond motifs is 2. The van der Waals surface area contributed by atoms with Crippen molar-refractivity contribution in [3.8, 4) is 0 Å². The third-order valence-electron chi connectivity index (χ3n) is 6.13. The lowest BCUT2D eigenvalue weighted by Gasteiger charge is -2.24. The third kappa shape index (κ3) is 4.28. The summed E-state index contributed by atoms with van der Waals surface area (Å²) in [6.45, 7) is 5.70. The average molecular weight is 423 g/mol. The van der Waals surface area contributed by atoms with Gasteiger partial charge in [-0.2, -0.15) is 5.10 Å². The van der Waals surface area contributed by atoms with E-state index in [0.717, 1.165) is 41.4 Å². The SMILES string of the molecule is CCN(CC)C(=O)Cn1ccc2cc(NC(=O)NC3CCCc4c3cnn4C)ccc21. The first-order valence-corrected chi connectivity index (χ1v) is 10.9. The quantitative estimate of drug-likeness (QED) is 0.638. The number of urea groups is 1. The first-order valence-electron chi connectivity index (χ1n) is 10.9. The van der Waals surface area contributed by atoms with Gasteiger partial charge in [-0.15, -0.1) is 0 Å². The van der Waals surface area contributed by atoms with Gasteiger partial charge in [0.15, 0.2) is 0 Å². The molecule has 1 aliphatic carbocycles. The summed E-state index contributed by atoms with van der Waals surface area (Å²) in [5, 5.41) is 11.3. The summed E-state index contributed by atoms with van der Waals surface area (Å²) in [5.41, 5.74) is 3.99. The maximum atomic E-state index is 12.6. The summed E-state index contributed by atoms with van der Waals surface area (Å²) in [5.74, 6) is 0.103. The number of hydrogen-bond donors (Lipinski definition) is 2. The molecule has 8 nitrogen and oxygen atoms in total. The molecule has 4 rings (SSSR count). The Morgan fingerprint density at radius 1 is 1.23 bits per heavy atom. The van der Waals surface area contributed by atoms with Crippen LogP contribution in [0, 0.1) is 0 Å². The number of carbonyl (C=O) groups is 2. The fourth-order valence-corrected chi connectivity index (χ4v) is 4.42. The van der Waals surface area contributed by atoms with Gasteiger partial charge in [0.2, 0.25) is 5.91 Å². The molecule has 2 heterocycles. The molecule has 3 amide bonds. The number of carbonyl (C=O) groups excluding carboxylic acids is 2. The Morgan fingerprint density at radius 2 is 2.03 bits per heavy atom. The Morgan fingerprint density at radius 3 is 2.81 bits per heavy atom. The van der Waals surface area contributed by atoms with Gasteiger partial charge in [0.1, 0.15) is 6.54 Å². The number of anilines is 1. The number of nitrogens with one attached hydrogen (secondary N) is 2. The lowest BCUT2D eigenvalue weighted by atomic mass is 9.93. The molecule has 0 saturated carbocycles. The molecular weight excluding hydrogens is 392 g/mol. The Kier molecular flexibility index (Phi) is 5.97. The minimum absolute atomic E-state index is 0.0200. The number of likely N-dealkylation sites (N-methyl/N-ethyl adjacent to an activating group) is 1. The van der Waals surface area contributed by atoms with Gasteiger partial charge in [-0.3, -0.25) is 9.48 Å². The molecule has 1 unspecified atom stereocenters. The molecule has 0 radical (unpaired) electrons. The highest BCUT2D eigenvalue weighted by Crippen LogP contribution is 2.29. The van der Waals surface area contributed by atoms with E-state index in [0.29, 0.717) is 19.6 Å². The topological polar surface area (TPSA) is 84.2 Å². The standard InChI is InChI=1S/C23H30N6O2/c1-4-28(5-2)22(30)15-29-12-11-16-13-17(9-10-20(16)29)25-23(31)26-19-7-6-8-21-18(19)14-24-27(21)3/h9-14,19H,4-8,15H2,1-3H3,(H2,25,26,31). The number of nitrogens with zero attached hydrogens (tertiary/aromatic N) is 4. The van der Waals surface area contributed by atoms with Crippen LogP contribution < -0.4 is 10.6 Å². The van der Waals surface area contributed by atoms with Crippen LogP contribution in [0.15, 0.2) is 36.7 Å². The van der Waals surface area contributed by atoms with Crippen molar-refractivity contribution < 1.29 is 9.59 Å². The van der Waals surface area contributed by atoms with Gasteiger partial charge in [0.05, 0.1) is 12.2 Å². The zero-order valence-electron chi connectivity index (χ0n) is 18.4. The maximum absolute atomic E-state index is 12.6. The summed E-state index contributed by atoms with van der Waals surface area (Å²) in [6, 6.07) is 7.47. The van der Waals surface area contributed by atoms with Crippen molar-refractivity contribution in [3.05, 3.63) is 47.9 Å². The molecule has 0 bridgehead atoms. The van der Waals surface area contributed by atoms with Crippen molar-refractivity contribution in [1.29, 1.82) is 0 Å². The van der Waals surface area contributed by atoms with E-state index in [-0.39, 0.29) is 18.0 Å². The summed E-state index contributed by atoms with van der Waals surface area (Å²) in [6.07, 6.45) is 6.71. The van der Waals surface area contributed by atoms with E-state index in [1.165, 1.54) is 5.69 Å². The van der Waals surface area contributed by atoms with Crippen LogP contribution in [-0.4, -0.2) is 44.3 Å². The monoisotopic (exact) mass is 422 g/mol. The smallest absolute Gasteiger partial charge is 0.319 e. The van der Waals surface area contributed by atoms with Gasteiger partial charge < -0.3 is 20.1 Å². The van der Waals surface area contributed by atoms with Crippen molar-refractivity contribution in [1.82, 2.24) is 24.6 Å². The number of rotatable bonds is 6. The van der Waals surface area contributed by atoms with Gasteiger partial charge in [0, 0.05) is 54.2 Å². The normalized spacial score (nSPS) is 15.5. The molecule has 0 aliphatic heterocycles. The summed E-state index contributed by atoms with van der Waals surface area (Å²) < 4.78 is 3.84. The van der Waals surface area contributed by atoms with E-state index in [1.807, 2.05) is 71.7 Å². The molecule has 0 saturated heterocycles. The molecular formula is C23H30N6O2. The molecule has 1 aliphatic rings. The van der Waals surface area contributed by atoms with Crippen LogP contribution in [0.25, 0.3) is 10.9 Å². The molecule has 2 aromatic heterocycles. The van der Waals surface area contributed by atoms with Crippen molar-refractivity contribution in [3.63, 3.8) is 0 Å². The Labute approximate surface area is 182 Å². The lowest BCUT2D eigenvalue weighted by Crippen LogP contribution is -2.34. The minimum Gasteiger partial charge on any atom is -0.342 e. The predicted molar refractivity (Wildman–Crippen MR) is 121 cm³/mol. The van der Waals surface area contributed by atoms with Crippen LogP contribution in [0.4, 0.5) is 10.5 Å². The van der Waals surface area contributed by atoms with Crippen LogP contribution in [0.5, 0.6) is 0 Å². The number of benzene rings is 1. The van der Waals surface area contributed by atoms with Crippen LogP contribution in [0.3, 0.4) is 0 Å². The minimum atomic E-state index is -0.225. The second kappa shape index (κ2) is 8.83. The maximum Gasteiger partial charge on any atom is 0.319 e.